The van der Waals surface area contributed by atoms with Gasteiger partial charge in [-0.05, 0) is 18.8 Å². The first-order chi connectivity index (χ1) is 8.30. The second-order valence-electron chi connectivity index (χ2n) is 4.47. The van der Waals surface area contributed by atoms with Gasteiger partial charge in [-0.1, -0.05) is 26.2 Å². The summed E-state index contributed by atoms with van der Waals surface area (Å²) in [6, 6.07) is 0. The number of aliphatic hydroxyl groups is 1. The van der Waals surface area contributed by atoms with Crippen molar-refractivity contribution in [1.82, 2.24) is 4.90 Å². The van der Waals surface area contributed by atoms with Crippen molar-refractivity contribution in [2.45, 2.75) is 39.0 Å². The lowest BCUT2D eigenvalue weighted by Crippen LogP contribution is -2.32. The lowest BCUT2D eigenvalue weighted by atomic mass is 9.99. The number of hydrogen-bond donors (Lipinski definition) is 1. The van der Waals surface area contributed by atoms with Crippen LogP contribution in [0.15, 0.2) is 0 Å². The summed E-state index contributed by atoms with van der Waals surface area (Å²) < 4.78 is 0. The normalized spacial score (nSPS) is 19.4. The third-order valence-electron chi connectivity index (χ3n) is 3.19. The van der Waals surface area contributed by atoms with Gasteiger partial charge in [0.25, 0.3) is 0 Å². The Labute approximate surface area is 104 Å². The van der Waals surface area contributed by atoms with Gasteiger partial charge < -0.3 is 14.8 Å². The van der Waals surface area contributed by atoms with E-state index in [4.69, 9.17) is 5.11 Å². The zero-order valence-electron chi connectivity index (χ0n) is 11.0. The van der Waals surface area contributed by atoms with Gasteiger partial charge in [-0.2, -0.15) is 0 Å². The minimum Gasteiger partial charge on any atom is -0.400 e. The summed E-state index contributed by atoms with van der Waals surface area (Å²) in [5.41, 5.74) is 0. The maximum Gasteiger partial charge on any atom is 0.209 e. The Morgan fingerprint density at radius 1 is 1.12 bits per heavy atom. The summed E-state index contributed by atoms with van der Waals surface area (Å²) in [4.78, 5) is 22.1. The highest BCUT2D eigenvalue weighted by molar-refractivity contribution is 5.54. The van der Waals surface area contributed by atoms with Gasteiger partial charge in [0.05, 0.1) is 0 Å². The van der Waals surface area contributed by atoms with Crippen molar-refractivity contribution < 1.29 is 14.7 Å². The molecule has 0 aromatic carbocycles. The van der Waals surface area contributed by atoms with Gasteiger partial charge in [0.15, 0.2) is 0 Å². The molecule has 1 N–H and O–H groups in total. The highest BCUT2D eigenvalue weighted by Crippen LogP contribution is 2.31. The van der Waals surface area contributed by atoms with Crippen LogP contribution in [0.3, 0.4) is 0 Å². The fraction of sp³-hybridized carbons (Fsp3) is 0.846. The van der Waals surface area contributed by atoms with E-state index in [1.165, 1.54) is 19.3 Å². The number of carbonyl (C=O) groups excluding carboxylic acids is 2. The van der Waals surface area contributed by atoms with Gasteiger partial charge in [0.1, 0.15) is 6.29 Å². The first kappa shape index (κ1) is 16.1. The topological polar surface area (TPSA) is 57.6 Å². The second kappa shape index (κ2) is 10.3. The van der Waals surface area contributed by atoms with Crippen LogP contribution in [0.2, 0.25) is 0 Å². The molecule has 1 aliphatic heterocycles. The lowest BCUT2D eigenvalue weighted by molar-refractivity contribution is -0.121. The number of aldehydes is 1. The Kier molecular flexibility index (Phi) is 9.72. The third-order valence-corrected chi connectivity index (χ3v) is 3.19. The predicted molar refractivity (Wildman–Crippen MR) is 67.6 cm³/mol. The van der Waals surface area contributed by atoms with Crippen LogP contribution in [-0.2, 0) is 9.59 Å². The van der Waals surface area contributed by atoms with Crippen LogP contribution in [0.1, 0.15) is 39.0 Å². The Balaban J connectivity index is 0.000000306. The van der Waals surface area contributed by atoms with Crippen LogP contribution >= 0.6 is 0 Å². The molecule has 0 unspecified atom stereocenters. The van der Waals surface area contributed by atoms with E-state index in [1.54, 1.807) is 4.90 Å². The number of piperidine rings is 1. The molecule has 0 radical (unpaired) electrons. The quantitative estimate of drug-likeness (QED) is 0.764. The van der Waals surface area contributed by atoms with Crippen molar-refractivity contribution >= 4 is 12.7 Å². The molecule has 1 aliphatic carbocycles. The third kappa shape index (κ3) is 7.91. The molecule has 0 bridgehead atoms. The maximum absolute atomic E-state index is 10.2. The standard InChI is InChI=1S/C7H11NO2.C5H10.CH4O/c9-5-7-1-3-8(6-10)4-2-7;1-2-5-3-4-5;1-2/h5-7H,1-4H2;5H,2-4H2,1H3;2H,1H3. The van der Waals surface area contributed by atoms with Crippen molar-refractivity contribution in [3.05, 3.63) is 0 Å². The monoisotopic (exact) mass is 243 g/mol. The van der Waals surface area contributed by atoms with Crippen LogP contribution in [-0.4, -0.2) is 42.9 Å². The van der Waals surface area contributed by atoms with Gasteiger partial charge in [0.2, 0.25) is 6.41 Å². The van der Waals surface area contributed by atoms with Crippen LogP contribution < -0.4 is 0 Å². The lowest BCUT2D eigenvalue weighted by Gasteiger charge is -2.25. The van der Waals surface area contributed by atoms with Crippen molar-refractivity contribution in [3.63, 3.8) is 0 Å². The number of nitrogens with zero attached hydrogens (tertiary/aromatic N) is 1. The molecule has 0 atom stereocenters. The number of rotatable bonds is 3. The molecule has 100 valence electrons. The number of hydrogen-bond acceptors (Lipinski definition) is 3. The molecular weight excluding hydrogens is 218 g/mol. The Morgan fingerprint density at radius 3 is 1.88 bits per heavy atom. The molecule has 0 aromatic rings. The fourth-order valence-corrected chi connectivity index (χ4v) is 1.69. The summed E-state index contributed by atoms with van der Waals surface area (Å²) in [6.07, 6.45) is 7.95. The van der Waals surface area contributed by atoms with Gasteiger partial charge in [-0.25, -0.2) is 0 Å². The Hall–Kier alpha value is -0.900. The molecule has 4 heteroatoms. The first-order valence-corrected chi connectivity index (χ1v) is 6.39. The zero-order valence-corrected chi connectivity index (χ0v) is 11.0. The number of likely N-dealkylation sites (tertiary alicyclic amines) is 1. The van der Waals surface area contributed by atoms with Gasteiger partial charge in [0, 0.05) is 26.1 Å². The van der Waals surface area contributed by atoms with Crippen molar-refractivity contribution in [2.24, 2.45) is 11.8 Å². The molecule has 1 amide bonds. The molecule has 2 aliphatic rings. The van der Waals surface area contributed by atoms with Gasteiger partial charge in [-0.15, -0.1) is 0 Å². The first-order valence-electron chi connectivity index (χ1n) is 6.39. The van der Waals surface area contributed by atoms with E-state index < -0.39 is 0 Å². The Bertz CT molecular complexity index is 181. The highest BCUT2D eigenvalue weighted by atomic mass is 16.2. The average molecular weight is 243 g/mol. The Morgan fingerprint density at radius 2 is 1.65 bits per heavy atom. The zero-order chi connectivity index (χ0) is 13.1. The molecule has 2 fully saturated rings. The second-order valence-corrected chi connectivity index (χ2v) is 4.47. The minimum absolute atomic E-state index is 0.191. The summed E-state index contributed by atoms with van der Waals surface area (Å²) in [5, 5.41) is 7.00. The summed E-state index contributed by atoms with van der Waals surface area (Å²) in [7, 11) is 1.00. The molecule has 0 spiro atoms. The maximum atomic E-state index is 10.2. The van der Waals surface area contributed by atoms with E-state index in [9.17, 15) is 9.59 Å². The van der Waals surface area contributed by atoms with Crippen LogP contribution in [0, 0.1) is 11.8 Å². The smallest absolute Gasteiger partial charge is 0.209 e. The van der Waals surface area contributed by atoms with E-state index in [0.29, 0.717) is 0 Å². The molecule has 2 rings (SSSR count). The molecule has 1 saturated heterocycles. The van der Waals surface area contributed by atoms with E-state index >= 15 is 0 Å². The van der Waals surface area contributed by atoms with Crippen molar-refractivity contribution in [3.8, 4) is 0 Å². The number of amides is 1. The number of aliphatic hydroxyl groups excluding tert-OH is 1. The van der Waals surface area contributed by atoms with Crippen LogP contribution in [0.5, 0.6) is 0 Å². The number of carbonyl (C=O) groups is 2. The molecule has 4 nitrogen and oxygen atoms in total. The summed E-state index contributed by atoms with van der Waals surface area (Å²) >= 11 is 0. The van der Waals surface area contributed by atoms with E-state index in [2.05, 4.69) is 6.92 Å². The summed E-state index contributed by atoms with van der Waals surface area (Å²) in [6.45, 7) is 3.75. The minimum atomic E-state index is 0.191. The van der Waals surface area contributed by atoms with Gasteiger partial charge >= 0.3 is 0 Å². The molecule has 0 aromatic heterocycles. The average Bonchev–Trinajstić information content (AvgIpc) is 3.26. The molecule has 1 heterocycles. The summed E-state index contributed by atoms with van der Waals surface area (Å²) in [5.74, 6) is 1.33. The van der Waals surface area contributed by atoms with Gasteiger partial charge in [-0.3, -0.25) is 4.79 Å². The molecule has 1 saturated carbocycles. The largest absolute Gasteiger partial charge is 0.400 e. The fourth-order valence-electron chi connectivity index (χ4n) is 1.69. The molecule has 17 heavy (non-hydrogen) atoms. The van der Waals surface area contributed by atoms with Crippen LogP contribution in [0.4, 0.5) is 0 Å². The van der Waals surface area contributed by atoms with E-state index in [0.717, 1.165) is 51.7 Å². The molecular formula is C13H25NO3. The van der Waals surface area contributed by atoms with Crippen LogP contribution in [0.25, 0.3) is 0 Å². The predicted octanol–water partition coefficient (Wildman–Crippen LogP) is 1.47. The van der Waals surface area contributed by atoms with E-state index in [1.807, 2.05) is 0 Å². The highest BCUT2D eigenvalue weighted by Gasteiger charge is 2.17. The van der Waals surface area contributed by atoms with E-state index in [-0.39, 0.29) is 5.92 Å². The van der Waals surface area contributed by atoms with Crippen molar-refractivity contribution in [1.29, 1.82) is 0 Å². The SMILES string of the molecule is CCC1CC1.CO.O=CC1CCN(C=O)CC1. The van der Waals surface area contributed by atoms with Crippen molar-refractivity contribution in [2.75, 3.05) is 20.2 Å².